The van der Waals surface area contributed by atoms with Gasteiger partial charge < -0.3 is 19.8 Å². The largest absolute Gasteiger partial charge is 0.472 e. The summed E-state index contributed by atoms with van der Waals surface area (Å²) in [5, 5.41) is 13.9. The normalized spacial score (nSPS) is 14.9. The number of nitrogens with zero attached hydrogens (tertiary/aromatic N) is 1. The predicted molar refractivity (Wildman–Crippen MR) is 345 cm³/mol. The van der Waals surface area contributed by atoms with Crippen molar-refractivity contribution in [2.24, 2.45) is 0 Å². The molecule has 0 saturated carbocycles. The second-order valence-corrected chi connectivity index (χ2v) is 23.1. The van der Waals surface area contributed by atoms with Gasteiger partial charge in [-0.3, -0.25) is 13.8 Å². The molecule has 0 aliphatic heterocycles. The Labute approximate surface area is 486 Å². The van der Waals surface area contributed by atoms with Crippen LogP contribution in [-0.2, 0) is 18.4 Å². The van der Waals surface area contributed by atoms with Crippen LogP contribution in [0.25, 0.3) is 0 Å². The van der Waals surface area contributed by atoms with Gasteiger partial charge >= 0.3 is 7.82 Å². The predicted octanol–water partition coefficient (Wildman–Crippen LogP) is 19.8. The molecule has 9 heteroatoms. The number of phosphoric acid groups is 1. The molecule has 0 aromatic rings. The average Bonchev–Trinajstić information content (AvgIpc) is 3.42. The SMILES string of the molecule is CC/C=C\C/C=C\C/C=C\C/C=C\C/C=C\C/C=C\C/C=C\C/C=C\C/C=C\C/C=C\C/C=C\CCCCCCCC(=O)NC(COP(=O)(O)OCC[N+](C)(C)C)C(O)/C=C/CC/C=C/CCCCCCCCCCCCCC. The number of likely N-dealkylation sites (N-methyl/N-ethyl adjacent to an activating group) is 1. The van der Waals surface area contributed by atoms with E-state index in [2.05, 4.69) is 165 Å². The Morgan fingerprint density at radius 3 is 1.16 bits per heavy atom. The van der Waals surface area contributed by atoms with Crippen LogP contribution < -0.4 is 5.32 Å². The number of quaternary nitrogens is 1. The highest BCUT2D eigenvalue weighted by Crippen LogP contribution is 2.43. The summed E-state index contributed by atoms with van der Waals surface area (Å²) in [6.07, 6.45) is 92.2. The first-order valence-corrected chi connectivity index (χ1v) is 32.9. The average molecular weight is 1110 g/mol. The van der Waals surface area contributed by atoms with Gasteiger partial charge in [-0.05, 0) is 116 Å². The fourth-order valence-corrected chi connectivity index (χ4v) is 8.86. The van der Waals surface area contributed by atoms with E-state index >= 15 is 0 Å². The van der Waals surface area contributed by atoms with Crippen LogP contribution in [-0.4, -0.2) is 73.4 Å². The second-order valence-electron chi connectivity index (χ2n) is 21.7. The monoisotopic (exact) mass is 1110 g/mol. The summed E-state index contributed by atoms with van der Waals surface area (Å²) in [6, 6.07) is -0.886. The van der Waals surface area contributed by atoms with Crippen molar-refractivity contribution in [3.8, 4) is 0 Å². The molecule has 0 aromatic heterocycles. The van der Waals surface area contributed by atoms with Gasteiger partial charge in [-0.1, -0.05) is 262 Å². The summed E-state index contributed by atoms with van der Waals surface area (Å²) in [4.78, 5) is 23.3. The third kappa shape index (κ3) is 61.6. The van der Waals surface area contributed by atoms with E-state index in [0.717, 1.165) is 128 Å². The maximum Gasteiger partial charge on any atom is 0.472 e. The smallest absolute Gasteiger partial charge is 0.387 e. The first-order valence-electron chi connectivity index (χ1n) is 31.4. The molecule has 448 valence electrons. The summed E-state index contributed by atoms with van der Waals surface area (Å²) >= 11 is 0. The molecule has 0 bridgehead atoms. The molecule has 0 aromatic carbocycles. The number of rotatable bonds is 55. The van der Waals surface area contributed by atoms with Crippen molar-refractivity contribution < 1.29 is 32.9 Å². The number of aliphatic hydroxyl groups excluding tert-OH is 1. The van der Waals surface area contributed by atoms with Crippen LogP contribution in [0.5, 0.6) is 0 Å². The number of hydrogen-bond acceptors (Lipinski definition) is 5. The number of allylic oxidation sites excluding steroid dienone is 25. The zero-order chi connectivity index (χ0) is 57.7. The van der Waals surface area contributed by atoms with Crippen LogP contribution in [0.3, 0.4) is 0 Å². The lowest BCUT2D eigenvalue weighted by Gasteiger charge is -2.25. The van der Waals surface area contributed by atoms with Gasteiger partial charge in [0.2, 0.25) is 5.91 Å². The topological polar surface area (TPSA) is 105 Å². The van der Waals surface area contributed by atoms with Gasteiger partial charge in [0.15, 0.2) is 0 Å². The molecule has 79 heavy (non-hydrogen) atoms. The van der Waals surface area contributed by atoms with Gasteiger partial charge in [-0.2, -0.15) is 0 Å². The maximum atomic E-state index is 13.0. The number of phosphoric ester groups is 1. The molecule has 8 nitrogen and oxygen atoms in total. The minimum atomic E-state index is -4.37. The van der Waals surface area contributed by atoms with Crippen molar-refractivity contribution in [1.29, 1.82) is 0 Å². The summed E-state index contributed by atoms with van der Waals surface area (Å²) in [5.74, 6) is -0.212. The Hall–Kier alpha value is -3.88. The standard InChI is InChI=1S/C70H117N2O6P/c1-6-8-10-12-14-16-18-20-22-24-26-27-28-29-30-31-32-33-34-35-36-37-38-39-40-41-42-43-44-45-46-48-50-52-54-56-58-60-62-64-70(74)71-68(67-78-79(75,76)77-66-65-72(3,4)5)69(73)63-61-59-57-55-53-51-49-47-25-23-21-19-17-15-13-11-9-7-2/h8,10,14,16,20,22,26-27,29-30,32-33,35-36,38-39,41-42,44-45,48,50,53,55,61,63,68-69,73H,6-7,9,11-13,15,17-19,21,23-25,28,31,34,37,40,43,46-47,49,51-52,54,56-60,62,64-67H2,1-5H3,(H-,71,74,75,76)/p+1/b10-8-,16-14-,22-20-,27-26-,30-29-,33-32-,36-35-,39-38-,42-41-,45-44-,50-48-,55-53+,63-61+. The zero-order valence-corrected chi connectivity index (χ0v) is 51.9. The van der Waals surface area contributed by atoms with E-state index < -0.39 is 20.0 Å². The number of amides is 1. The molecule has 3 N–H and O–H groups in total. The summed E-state index contributed by atoms with van der Waals surface area (Å²) in [6.45, 7) is 4.65. The lowest BCUT2D eigenvalue weighted by Crippen LogP contribution is -2.45. The molecule has 0 saturated heterocycles. The van der Waals surface area contributed by atoms with Crippen LogP contribution >= 0.6 is 7.82 Å². The highest BCUT2D eigenvalue weighted by Gasteiger charge is 2.27. The molecule has 0 rings (SSSR count). The van der Waals surface area contributed by atoms with Crippen molar-refractivity contribution in [1.82, 2.24) is 5.32 Å². The Balaban J connectivity index is 4.25. The van der Waals surface area contributed by atoms with E-state index in [9.17, 15) is 19.4 Å². The van der Waals surface area contributed by atoms with E-state index in [-0.39, 0.29) is 19.1 Å². The molecule has 3 unspecified atom stereocenters. The van der Waals surface area contributed by atoms with E-state index in [1.54, 1.807) is 6.08 Å². The van der Waals surface area contributed by atoms with Crippen LogP contribution in [0.1, 0.15) is 226 Å². The molecule has 0 fully saturated rings. The van der Waals surface area contributed by atoms with Crippen LogP contribution in [0.4, 0.5) is 0 Å². The molecule has 0 radical (unpaired) electrons. The van der Waals surface area contributed by atoms with Crippen LogP contribution in [0.2, 0.25) is 0 Å². The molecule has 0 aliphatic carbocycles. The third-order valence-electron chi connectivity index (χ3n) is 13.0. The summed E-state index contributed by atoms with van der Waals surface area (Å²) < 4.78 is 23.7. The van der Waals surface area contributed by atoms with Crippen LogP contribution in [0.15, 0.2) is 158 Å². The number of hydrogen-bond donors (Lipinski definition) is 3. The Kier molecular flexibility index (Phi) is 55.9. The molecule has 1 amide bonds. The van der Waals surface area contributed by atoms with E-state index in [1.165, 1.54) is 77.0 Å². The molecule has 3 atom stereocenters. The number of unbranched alkanes of at least 4 members (excludes halogenated alkanes) is 18. The molecule has 0 aliphatic rings. The van der Waals surface area contributed by atoms with Crippen molar-refractivity contribution in [2.75, 3.05) is 40.9 Å². The lowest BCUT2D eigenvalue weighted by atomic mass is 10.0. The number of nitrogens with one attached hydrogen (secondary N) is 1. The fourth-order valence-electron chi connectivity index (χ4n) is 8.12. The van der Waals surface area contributed by atoms with Gasteiger partial charge in [0.25, 0.3) is 0 Å². The Bertz CT molecular complexity index is 1840. The quantitative estimate of drug-likeness (QED) is 0.0243. The molecule has 0 spiro atoms. The first kappa shape index (κ1) is 75.1. The van der Waals surface area contributed by atoms with E-state index in [4.69, 9.17) is 9.05 Å². The van der Waals surface area contributed by atoms with Gasteiger partial charge in [-0.15, -0.1) is 0 Å². The first-order chi connectivity index (χ1) is 38.5. The van der Waals surface area contributed by atoms with Gasteiger partial charge in [-0.25, -0.2) is 4.57 Å². The minimum absolute atomic E-state index is 0.0437. The molecule has 0 heterocycles. The minimum Gasteiger partial charge on any atom is -0.387 e. The van der Waals surface area contributed by atoms with E-state index in [1.807, 2.05) is 27.2 Å². The van der Waals surface area contributed by atoms with Gasteiger partial charge in [0.05, 0.1) is 39.9 Å². The lowest BCUT2D eigenvalue weighted by molar-refractivity contribution is -0.870. The number of carbonyl (C=O) groups is 1. The van der Waals surface area contributed by atoms with Crippen molar-refractivity contribution in [3.05, 3.63) is 158 Å². The zero-order valence-electron chi connectivity index (χ0n) is 51.0. The second kappa shape index (κ2) is 58.8. The highest BCUT2D eigenvalue weighted by atomic mass is 31.2. The highest BCUT2D eigenvalue weighted by molar-refractivity contribution is 7.47. The summed E-state index contributed by atoms with van der Waals surface area (Å²) in [5.41, 5.74) is 0. The van der Waals surface area contributed by atoms with Gasteiger partial charge in [0, 0.05) is 6.42 Å². The summed E-state index contributed by atoms with van der Waals surface area (Å²) in [7, 11) is 1.52. The van der Waals surface area contributed by atoms with Crippen molar-refractivity contribution in [2.45, 2.75) is 238 Å². The number of aliphatic hydroxyl groups is 1. The maximum absolute atomic E-state index is 13.0. The Morgan fingerprint density at radius 2 is 0.772 bits per heavy atom. The van der Waals surface area contributed by atoms with E-state index in [0.29, 0.717) is 17.4 Å². The van der Waals surface area contributed by atoms with Gasteiger partial charge in [0.1, 0.15) is 13.2 Å². The van der Waals surface area contributed by atoms with Crippen LogP contribution in [0, 0.1) is 0 Å². The van der Waals surface area contributed by atoms with Crippen molar-refractivity contribution in [3.63, 3.8) is 0 Å². The molecular weight excluding hydrogens is 996 g/mol. The van der Waals surface area contributed by atoms with Crippen molar-refractivity contribution >= 4 is 13.7 Å². The Morgan fingerprint density at radius 1 is 0.443 bits per heavy atom. The third-order valence-corrected chi connectivity index (χ3v) is 14.0. The fraction of sp³-hybridized carbons (Fsp3) is 0.614. The molecular formula is C70H118N2O6P+. The number of carbonyl (C=O) groups excluding carboxylic acids is 1.